The Morgan fingerprint density at radius 2 is 0.429 bits per heavy atom. The zero-order valence-corrected chi connectivity index (χ0v) is 35.3. The summed E-state index contributed by atoms with van der Waals surface area (Å²) in [4.78, 5) is 0. The van der Waals surface area contributed by atoms with E-state index >= 15 is 0 Å². The van der Waals surface area contributed by atoms with Crippen LogP contribution in [0.15, 0.2) is 48.6 Å². The Labute approximate surface area is 340 Å². The Balaban J connectivity index is 0.992. The molecule has 28 atom stereocenters. The number of hydrogen-bond donors (Lipinski definition) is 4. The number of fused-ring (bicyclic) bond motifs is 14. The summed E-state index contributed by atoms with van der Waals surface area (Å²) < 4.78 is 0. The van der Waals surface area contributed by atoms with Gasteiger partial charge in [0.15, 0.2) is 0 Å². The van der Waals surface area contributed by atoms with Crippen LogP contribution in [0.4, 0.5) is 0 Å². The van der Waals surface area contributed by atoms with Crippen LogP contribution in [0, 0.1) is 118 Å². The molecule has 17 rings (SSSR count). The number of rotatable bonds is 4. The van der Waals surface area contributed by atoms with Gasteiger partial charge < -0.3 is 21.3 Å². The molecular weight excluding hydrogens is 681 g/mol. The van der Waals surface area contributed by atoms with Gasteiger partial charge in [0, 0.05) is 48.3 Å². The highest BCUT2D eigenvalue weighted by Crippen LogP contribution is 2.63. The number of hydrogen-bond acceptors (Lipinski definition) is 4. The van der Waals surface area contributed by atoms with E-state index in [9.17, 15) is 0 Å². The van der Waals surface area contributed by atoms with Crippen LogP contribution in [0.1, 0.15) is 105 Å². The third kappa shape index (κ3) is 4.64. The topological polar surface area (TPSA) is 48.1 Å². The Hall–Kier alpha value is -1.20. The lowest BCUT2D eigenvalue weighted by Gasteiger charge is -2.50. The molecule has 5 heterocycles. The highest BCUT2D eigenvalue weighted by atomic mass is 15.2. The molecule has 0 amide bonds. The predicted molar refractivity (Wildman–Crippen MR) is 227 cm³/mol. The zero-order chi connectivity index (χ0) is 37.1. The summed E-state index contributed by atoms with van der Waals surface area (Å²) in [5.41, 5.74) is 0. The molecule has 0 radical (unpaired) electrons. The third-order valence-electron chi connectivity index (χ3n) is 21.9. The van der Waals surface area contributed by atoms with Gasteiger partial charge in [-0.15, -0.1) is 0 Å². The van der Waals surface area contributed by atoms with Crippen molar-refractivity contribution in [1.29, 1.82) is 0 Å². The van der Waals surface area contributed by atoms with Crippen molar-refractivity contribution in [2.75, 3.05) is 0 Å². The quantitative estimate of drug-likeness (QED) is 0.217. The average Bonchev–Trinajstić information content (AvgIpc) is 4.06. The van der Waals surface area contributed by atoms with Gasteiger partial charge in [0.25, 0.3) is 0 Å². The summed E-state index contributed by atoms with van der Waals surface area (Å²) in [6.45, 7) is 10.5. The maximum Gasteiger partial charge on any atom is 0.0264 e. The predicted octanol–water partition coefficient (Wildman–Crippen LogP) is 8.78. The molecular formula is C52H76N4. The molecule has 5 aliphatic heterocycles. The molecule has 4 nitrogen and oxygen atoms in total. The maximum absolute atomic E-state index is 4.82. The van der Waals surface area contributed by atoms with Crippen molar-refractivity contribution in [1.82, 2.24) is 21.3 Å². The molecule has 9 fully saturated rings. The van der Waals surface area contributed by atoms with Crippen LogP contribution >= 0.6 is 0 Å². The van der Waals surface area contributed by atoms with Gasteiger partial charge in [-0.05, 0) is 170 Å². The molecule has 0 spiro atoms. The van der Waals surface area contributed by atoms with Crippen LogP contribution in [0.3, 0.4) is 0 Å². The van der Waals surface area contributed by atoms with Gasteiger partial charge in [-0.2, -0.15) is 0 Å². The van der Waals surface area contributed by atoms with Gasteiger partial charge in [0.2, 0.25) is 0 Å². The minimum absolute atomic E-state index is 0.619. The molecule has 0 aromatic carbocycles. The van der Waals surface area contributed by atoms with Crippen LogP contribution < -0.4 is 21.3 Å². The van der Waals surface area contributed by atoms with Crippen LogP contribution in [-0.4, -0.2) is 48.3 Å². The third-order valence-corrected chi connectivity index (χ3v) is 21.9. The highest BCUT2D eigenvalue weighted by Gasteiger charge is 2.67. The minimum atomic E-state index is 0.619. The Morgan fingerprint density at radius 3 is 0.571 bits per heavy atom. The molecule has 28 unspecified atom stereocenters. The standard InChI is InChI=1S/C52H76N4/c1-5-33-34(6-2)46-38-26-11-19-30(20-12-26)42(38)51(54-46)52-44-32-23-15-28(16-24-32)40(44)48(56-52)36(8-4)35(7-3)47-39-27-13-21-31(22-14-27)43(39)50(55-47)49-41-29-17-9-25(10-18-29)37(41)45(33)53-49/h9,11,13,15,17,19,21,23,25-56H,5-8,10,12,14,16,18,20,22,24H2,1-4H3. The van der Waals surface area contributed by atoms with E-state index < -0.39 is 0 Å². The normalized spacial score (nSPS) is 62.5. The summed E-state index contributed by atoms with van der Waals surface area (Å²) >= 11 is 0. The van der Waals surface area contributed by atoms with E-state index in [1.165, 1.54) is 77.0 Å². The van der Waals surface area contributed by atoms with E-state index in [1.807, 2.05) is 0 Å². The molecule has 56 heavy (non-hydrogen) atoms. The summed E-state index contributed by atoms with van der Waals surface area (Å²) in [5, 5.41) is 19.3. The van der Waals surface area contributed by atoms with Crippen molar-refractivity contribution in [3.63, 3.8) is 0 Å². The molecule has 4 saturated carbocycles. The lowest BCUT2D eigenvalue weighted by atomic mass is 9.53. The van der Waals surface area contributed by atoms with Crippen molar-refractivity contribution in [2.24, 2.45) is 118 Å². The van der Waals surface area contributed by atoms with Crippen LogP contribution in [-0.2, 0) is 0 Å². The van der Waals surface area contributed by atoms with Crippen LogP contribution in [0.2, 0.25) is 0 Å². The van der Waals surface area contributed by atoms with E-state index in [2.05, 4.69) is 76.3 Å². The van der Waals surface area contributed by atoms with Crippen molar-refractivity contribution >= 4 is 0 Å². The Kier molecular flexibility index (Phi) is 8.35. The first-order chi connectivity index (χ1) is 27.6. The van der Waals surface area contributed by atoms with E-state index in [0.29, 0.717) is 48.3 Å². The highest BCUT2D eigenvalue weighted by molar-refractivity contribution is 5.29. The lowest BCUT2D eigenvalue weighted by molar-refractivity contribution is 0.0556. The second-order valence-electron chi connectivity index (χ2n) is 22.9. The van der Waals surface area contributed by atoms with E-state index in [-0.39, 0.29) is 0 Å². The van der Waals surface area contributed by atoms with Gasteiger partial charge in [-0.1, -0.05) is 102 Å². The molecule has 17 aliphatic rings. The fraction of sp³-hybridized carbons (Fsp3) is 0.846. The van der Waals surface area contributed by atoms with Crippen molar-refractivity contribution in [3.8, 4) is 0 Å². The molecule has 12 aliphatic carbocycles. The van der Waals surface area contributed by atoms with Gasteiger partial charge in [0.05, 0.1) is 0 Å². The van der Waals surface area contributed by atoms with E-state index in [1.54, 1.807) is 0 Å². The zero-order valence-electron chi connectivity index (χ0n) is 35.3. The second kappa shape index (κ2) is 13.1. The Bertz CT molecular complexity index is 1420. The molecule has 16 bridgehead atoms. The van der Waals surface area contributed by atoms with E-state index in [4.69, 9.17) is 21.3 Å². The first-order valence-electron chi connectivity index (χ1n) is 25.4. The fourth-order valence-corrected chi connectivity index (χ4v) is 20.4. The molecule has 304 valence electrons. The average molecular weight is 757 g/mol. The number of allylic oxidation sites excluding steroid dienone is 8. The summed E-state index contributed by atoms with van der Waals surface area (Å²) in [5.74, 6) is 15.7. The SMILES string of the molecule is CCC1C(CC)C2NC(C3NC(C(CC)C(CC)C4NC(C5NC1C1C6C=CC(CC6)C51)C1C5C=CC(CC5)C41)C1C4C=CC(CC4)C31)C1C3C=CC(CC3)C21. The molecule has 5 saturated heterocycles. The maximum atomic E-state index is 4.82. The van der Waals surface area contributed by atoms with Gasteiger partial charge >= 0.3 is 0 Å². The molecule has 4 N–H and O–H groups in total. The Morgan fingerprint density at radius 1 is 0.268 bits per heavy atom. The van der Waals surface area contributed by atoms with Crippen LogP contribution in [0.25, 0.3) is 0 Å². The first kappa shape index (κ1) is 35.5. The van der Waals surface area contributed by atoms with Gasteiger partial charge in [-0.25, -0.2) is 0 Å². The second-order valence-corrected chi connectivity index (χ2v) is 22.9. The van der Waals surface area contributed by atoms with Gasteiger partial charge in [-0.3, -0.25) is 0 Å². The fourth-order valence-electron chi connectivity index (χ4n) is 20.4. The smallest absolute Gasteiger partial charge is 0.0264 e. The summed E-state index contributed by atoms with van der Waals surface area (Å²) in [6.07, 6.45) is 38.8. The molecule has 0 aromatic heterocycles. The van der Waals surface area contributed by atoms with Gasteiger partial charge in [0.1, 0.15) is 0 Å². The van der Waals surface area contributed by atoms with Crippen molar-refractivity contribution < 1.29 is 0 Å². The van der Waals surface area contributed by atoms with Crippen molar-refractivity contribution in [3.05, 3.63) is 48.6 Å². The first-order valence-corrected chi connectivity index (χ1v) is 25.4. The largest absolute Gasteiger partial charge is 0.309 e. The summed E-state index contributed by atoms with van der Waals surface area (Å²) in [6, 6.07) is 5.09. The van der Waals surface area contributed by atoms with E-state index in [0.717, 1.165) is 118 Å². The lowest BCUT2D eigenvalue weighted by Crippen LogP contribution is -2.56. The summed E-state index contributed by atoms with van der Waals surface area (Å²) in [7, 11) is 0. The number of nitrogens with one attached hydrogen (secondary N) is 4. The molecule has 0 aromatic rings. The molecule has 4 heteroatoms. The monoisotopic (exact) mass is 757 g/mol. The minimum Gasteiger partial charge on any atom is -0.309 e. The van der Waals surface area contributed by atoms with Crippen molar-refractivity contribution in [2.45, 2.75) is 153 Å². The van der Waals surface area contributed by atoms with Crippen LogP contribution in [0.5, 0.6) is 0 Å².